The summed E-state index contributed by atoms with van der Waals surface area (Å²) in [7, 11) is 0. The van der Waals surface area contributed by atoms with Crippen LogP contribution >= 0.6 is 12.4 Å². The molecule has 0 spiro atoms. The third-order valence-corrected chi connectivity index (χ3v) is 3.77. The highest BCUT2D eigenvalue weighted by molar-refractivity contribution is 5.85. The van der Waals surface area contributed by atoms with E-state index in [0.717, 1.165) is 26.2 Å². The molecule has 2 aromatic rings. The Morgan fingerprint density at radius 1 is 0.950 bits per heavy atom. The van der Waals surface area contributed by atoms with Crippen LogP contribution in [0, 0.1) is 0 Å². The maximum atomic E-state index is 3.51. The molecule has 0 radical (unpaired) electrons. The van der Waals surface area contributed by atoms with Gasteiger partial charge in [-0.1, -0.05) is 60.7 Å². The largest absolute Gasteiger partial charge is 0.314 e. The summed E-state index contributed by atoms with van der Waals surface area (Å²) in [4.78, 5) is 2.57. The van der Waals surface area contributed by atoms with Crippen LogP contribution < -0.4 is 5.32 Å². The quantitative estimate of drug-likeness (QED) is 0.933. The smallest absolute Gasteiger partial charge is 0.0476 e. The first-order valence-electron chi connectivity index (χ1n) is 6.97. The van der Waals surface area contributed by atoms with E-state index in [1.54, 1.807) is 0 Å². The molecular weight excluding hydrogens is 268 g/mol. The summed E-state index contributed by atoms with van der Waals surface area (Å²) in [6.07, 6.45) is 0. The van der Waals surface area contributed by atoms with E-state index < -0.39 is 0 Å². The zero-order chi connectivity index (χ0) is 12.9. The number of hydrogen-bond acceptors (Lipinski definition) is 2. The van der Waals surface area contributed by atoms with Gasteiger partial charge in [0.15, 0.2) is 0 Å². The molecule has 20 heavy (non-hydrogen) atoms. The van der Waals surface area contributed by atoms with E-state index in [0.29, 0.717) is 6.04 Å². The summed E-state index contributed by atoms with van der Waals surface area (Å²) in [5.41, 5.74) is 2.80. The molecule has 1 heterocycles. The van der Waals surface area contributed by atoms with Gasteiger partial charge in [0.25, 0.3) is 0 Å². The summed E-state index contributed by atoms with van der Waals surface area (Å²) in [5.74, 6) is 0. The van der Waals surface area contributed by atoms with Crippen molar-refractivity contribution < 1.29 is 0 Å². The summed E-state index contributed by atoms with van der Waals surface area (Å²) in [5, 5.41) is 3.51. The Kier molecular flexibility index (Phi) is 5.60. The van der Waals surface area contributed by atoms with Gasteiger partial charge >= 0.3 is 0 Å². The molecule has 3 rings (SSSR count). The van der Waals surface area contributed by atoms with Crippen molar-refractivity contribution in [2.24, 2.45) is 0 Å². The molecule has 0 bridgehead atoms. The number of nitrogens with zero attached hydrogens (tertiary/aromatic N) is 1. The van der Waals surface area contributed by atoms with Gasteiger partial charge in [0.2, 0.25) is 0 Å². The monoisotopic (exact) mass is 288 g/mol. The fourth-order valence-electron chi connectivity index (χ4n) is 2.76. The third kappa shape index (κ3) is 3.60. The van der Waals surface area contributed by atoms with Crippen LogP contribution in [0.2, 0.25) is 0 Å². The Bertz CT molecular complexity index is 501. The summed E-state index contributed by atoms with van der Waals surface area (Å²) < 4.78 is 0. The number of rotatable bonds is 3. The molecule has 106 valence electrons. The molecule has 1 saturated heterocycles. The average Bonchev–Trinajstić information content (AvgIpc) is 2.50. The van der Waals surface area contributed by atoms with Crippen molar-refractivity contribution in [3.63, 3.8) is 0 Å². The fourth-order valence-corrected chi connectivity index (χ4v) is 2.76. The molecule has 2 nitrogen and oxygen atoms in total. The first-order chi connectivity index (χ1) is 9.43. The van der Waals surface area contributed by atoms with Gasteiger partial charge < -0.3 is 5.32 Å². The topological polar surface area (TPSA) is 15.3 Å². The molecule has 1 unspecified atom stereocenters. The normalized spacial score (nSPS) is 19.3. The van der Waals surface area contributed by atoms with Crippen LogP contribution in [0.4, 0.5) is 0 Å². The Morgan fingerprint density at radius 2 is 1.60 bits per heavy atom. The third-order valence-electron chi connectivity index (χ3n) is 3.77. The predicted molar refractivity (Wildman–Crippen MR) is 86.2 cm³/mol. The number of hydrogen-bond donors (Lipinski definition) is 1. The van der Waals surface area contributed by atoms with Gasteiger partial charge in [-0.3, -0.25) is 4.90 Å². The van der Waals surface area contributed by atoms with Gasteiger partial charge in [-0.2, -0.15) is 0 Å². The highest BCUT2D eigenvalue weighted by Gasteiger charge is 2.23. The minimum absolute atomic E-state index is 0. The lowest BCUT2D eigenvalue weighted by Gasteiger charge is -2.36. The molecule has 0 aromatic heterocycles. The summed E-state index contributed by atoms with van der Waals surface area (Å²) >= 11 is 0. The fraction of sp³-hybridized carbons (Fsp3) is 0.294. The highest BCUT2D eigenvalue weighted by atomic mass is 35.5. The number of nitrogens with one attached hydrogen (secondary N) is 1. The van der Waals surface area contributed by atoms with Gasteiger partial charge in [0.1, 0.15) is 0 Å². The summed E-state index contributed by atoms with van der Waals surface area (Å²) in [6.45, 7) is 4.25. The standard InChI is InChI=1S/C17H20N2.ClH/c1-3-7-15(8-4-1)14-19-12-11-18-13-17(19)16-9-5-2-6-10-16;/h1-10,17-18H,11-14H2;1H. The molecule has 2 aromatic carbocycles. The Hall–Kier alpha value is -1.35. The van der Waals surface area contributed by atoms with Gasteiger partial charge in [0, 0.05) is 32.2 Å². The second kappa shape index (κ2) is 7.44. The van der Waals surface area contributed by atoms with E-state index in [2.05, 4.69) is 70.9 Å². The van der Waals surface area contributed by atoms with E-state index in [9.17, 15) is 0 Å². The van der Waals surface area contributed by atoms with Crippen molar-refractivity contribution in [2.75, 3.05) is 19.6 Å². The van der Waals surface area contributed by atoms with E-state index in [-0.39, 0.29) is 12.4 Å². The maximum absolute atomic E-state index is 3.51. The van der Waals surface area contributed by atoms with Crippen molar-refractivity contribution >= 4 is 12.4 Å². The zero-order valence-electron chi connectivity index (χ0n) is 11.5. The van der Waals surface area contributed by atoms with Crippen molar-refractivity contribution in [1.29, 1.82) is 0 Å². The van der Waals surface area contributed by atoms with Crippen LogP contribution in [0.5, 0.6) is 0 Å². The molecule has 1 aliphatic rings. The molecule has 1 fully saturated rings. The average molecular weight is 289 g/mol. The van der Waals surface area contributed by atoms with E-state index in [1.165, 1.54) is 11.1 Å². The van der Waals surface area contributed by atoms with Gasteiger partial charge in [-0.25, -0.2) is 0 Å². The van der Waals surface area contributed by atoms with Gasteiger partial charge in [-0.15, -0.1) is 12.4 Å². The van der Waals surface area contributed by atoms with Crippen LogP contribution in [-0.4, -0.2) is 24.5 Å². The first-order valence-corrected chi connectivity index (χ1v) is 6.97. The lowest BCUT2D eigenvalue weighted by Crippen LogP contribution is -2.45. The molecule has 1 atom stereocenters. The van der Waals surface area contributed by atoms with Gasteiger partial charge in [-0.05, 0) is 11.1 Å². The van der Waals surface area contributed by atoms with Gasteiger partial charge in [0.05, 0.1) is 0 Å². The van der Waals surface area contributed by atoms with Crippen LogP contribution in [0.1, 0.15) is 17.2 Å². The van der Waals surface area contributed by atoms with Crippen LogP contribution in [0.15, 0.2) is 60.7 Å². The SMILES string of the molecule is Cl.c1ccc(CN2CCNCC2c2ccccc2)cc1. The second-order valence-electron chi connectivity index (χ2n) is 5.09. The lowest BCUT2D eigenvalue weighted by atomic mass is 10.0. The molecule has 0 amide bonds. The minimum Gasteiger partial charge on any atom is -0.314 e. The number of benzene rings is 2. The van der Waals surface area contributed by atoms with E-state index in [1.807, 2.05) is 0 Å². The molecule has 1 aliphatic heterocycles. The Morgan fingerprint density at radius 3 is 2.30 bits per heavy atom. The summed E-state index contributed by atoms with van der Waals surface area (Å²) in [6, 6.07) is 22.0. The Balaban J connectivity index is 0.00000147. The van der Waals surface area contributed by atoms with Crippen LogP contribution in [0.25, 0.3) is 0 Å². The van der Waals surface area contributed by atoms with Crippen molar-refractivity contribution in [2.45, 2.75) is 12.6 Å². The molecule has 0 saturated carbocycles. The van der Waals surface area contributed by atoms with Crippen LogP contribution in [0.3, 0.4) is 0 Å². The highest BCUT2D eigenvalue weighted by Crippen LogP contribution is 2.23. The molecule has 1 N–H and O–H groups in total. The maximum Gasteiger partial charge on any atom is 0.0476 e. The second-order valence-corrected chi connectivity index (χ2v) is 5.09. The first kappa shape index (κ1) is 15.0. The number of halogens is 1. The molecule has 3 heteroatoms. The zero-order valence-corrected chi connectivity index (χ0v) is 12.4. The van der Waals surface area contributed by atoms with Crippen LogP contribution in [-0.2, 0) is 6.54 Å². The number of piperazine rings is 1. The lowest BCUT2D eigenvalue weighted by molar-refractivity contribution is 0.154. The van der Waals surface area contributed by atoms with Crippen molar-refractivity contribution in [3.8, 4) is 0 Å². The minimum atomic E-state index is 0. The Labute approximate surface area is 127 Å². The molecular formula is C17H21ClN2. The predicted octanol–water partition coefficient (Wildman–Crippen LogP) is 3.25. The van der Waals surface area contributed by atoms with E-state index in [4.69, 9.17) is 0 Å². The van der Waals surface area contributed by atoms with Crippen molar-refractivity contribution in [1.82, 2.24) is 10.2 Å². The van der Waals surface area contributed by atoms with E-state index >= 15 is 0 Å². The van der Waals surface area contributed by atoms with Crippen molar-refractivity contribution in [3.05, 3.63) is 71.8 Å². The molecule has 0 aliphatic carbocycles.